The molecule has 0 amide bonds. The van der Waals surface area contributed by atoms with Gasteiger partial charge < -0.3 is 14.5 Å². The maximum atomic E-state index is 5.71. The van der Waals surface area contributed by atoms with Crippen LogP contribution in [0.25, 0.3) is 0 Å². The molecule has 0 radical (unpaired) electrons. The van der Waals surface area contributed by atoms with Crippen molar-refractivity contribution in [3.8, 4) is 0 Å². The maximum absolute atomic E-state index is 5.71. The molecule has 2 aromatic rings. The average molecular weight is 288 g/mol. The molecule has 0 fully saturated rings. The van der Waals surface area contributed by atoms with Gasteiger partial charge in [-0.25, -0.2) is 0 Å². The smallest absolute Gasteiger partial charge is 0.129 e. The van der Waals surface area contributed by atoms with Gasteiger partial charge >= 0.3 is 0 Å². The van der Waals surface area contributed by atoms with Crippen LogP contribution in [0.2, 0.25) is 0 Å². The van der Waals surface area contributed by atoms with Crippen LogP contribution in [-0.2, 0) is 24.3 Å². The minimum Gasteiger partial charge on any atom is -0.462 e. The zero-order chi connectivity index (χ0) is 14.9. The quantitative estimate of drug-likeness (QED) is 0.720. The van der Waals surface area contributed by atoms with Crippen molar-refractivity contribution in [1.29, 1.82) is 0 Å². The Hall–Kier alpha value is -1.65. The maximum Gasteiger partial charge on any atom is 0.129 e. The fraction of sp³-hybridized carbons (Fsp3) is 0.471. The highest BCUT2D eigenvalue weighted by Crippen LogP contribution is 2.09. The van der Waals surface area contributed by atoms with Gasteiger partial charge in [-0.2, -0.15) is 0 Å². The summed E-state index contributed by atoms with van der Waals surface area (Å²) in [6, 6.07) is 9.90. The summed E-state index contributed by atoms with van der Waals surface area (Å²) in [5.74, 6) is 2.48. The fourth-order valence-corrected chi connectivity index (χ4v) is 1.97. The minimum atomic E-state index is 0.511. The molecule has 0 atom stereocenters. The molecule has 21 heavy (non-hydrogen) atoms. The van der Waals surface area contributed by atoms with Crippen molar-refractivity contribution >= 4 is 0 Å². The van der Waals surface area contributed by atoms with Crippen LogP contribution in [0.1, 0.15) is 31.1 Å². The second-order valence-electron chi connectivity index (χ2n) is 5.52. The number of pyridine rings is 1. The van der Waals surface area contributed by atoms with Gasteiger partial charge in [-0.15, -0.1) is 0 Å². The van der Waals surface area contributed by atoms with Crippen molar-refractivity contribution < 1.29 is 9.15 Å². The van der Waals surface area contributed by atoms with Crippen LogP contribution in [0.15, 0.2) is 40.9 Å². The molecule has 2 heterocycles. The monoisotopic (exact) mass is 288 g/mol. The van der Waals surface area contributed by atoms with E-state index in [1.54, 1.807) is 6.20 Å². The molecule has 0 saturated heterocycles. The summed E-state index contributed by atoms with van der Waals surface area (Å²) in [6.07, 6.45) is 2.63. The topological polar surface area (TPSA) is 47.3 Å². The molecule has 0 aromatic carbocycles. The third kappa shape index (κ3) is 6.10. The Morgan fingerprint density at radius 2 is 2.05 bits per heavy atom. The molecule has 0 bridgehead atoms. The third-order valence-corrected chi connectivity index (χ3v) is 3.04. The van der Waals surface area contributed by atoms with E-state index in [1.165, 1.54) is 0 Å². The normalized spacial score (nSPS) is 11.2. The second-order valence-corrected chi connectivity index (χ2v) is 5.52. The molecule has 0 saturated carbocycles. The van der Waals surface area contributed by atoms with E-state index in [0.717, 1.165) is 36.7 Å². The standard InChI is InChI=1S/C17H24N2O2/c1-14(2)11-18-12-16-6-7-17(21-16)13-20-10-8-15-5-3-4-9-19-15/h3-7,9,14,18H,8,10-13H2,1-2H3. The van der Waals surface area contributed by atoms with Gasteiger partial charge in [-0.3, -0.25) is 4.98 Å². The first kappa shape index (κ1) is 15.7. The lowest BCUT2D eigenvalue weighted by Gasteiger charge is -2.05. The molecule has 0 aliphatic heterocycles. The number of hydrogen-bond acceptors (Lipinski definition) is 4. The van der Waals surface area contributed by atoms with Crippen molar-refractivity contribution in [2.75, 3.05) is 13.2 Å². The first-order valence-electron chi connectivity index (χ1n) is 7.50. The lowest BCUT2D eigenvalue weighted by molar-refractivity contribution is 0.107. The van der Waals surface area contributed by atoms with Crippen LogP contribution in [-0.4, -0.2) is 18.1 Å². The molecule has 1 N–H and O–H groups in total. The summed E-state index contributed by atoms with van der Waals surface area (Å²) < 4.78 is 11.3. The van der Waals surface area contributed by atoms with Gasteiger partial charge in [-0.05, 0) is 36.7 Å². The van der Waals surface area contributed by atoms with Crippen LogP contribution in [0, 0.1) is 5.92 Å². The molecule has 2 aromatic heterocycles. The van der Waals surface area contributed by atoms with Crippen molar-refractivity contribution in [2.24, 2.45) is 5.92 Å². The average Bonchev–Trinajstić information content (AvgIpc) is 2.92. The lowest BCUT2D eigenvalue weighted by Crippen LogP contribution is -2.18. The van der Waals surface area contributed by atoms with Crippen molar-refractivity contribution in [2.45, 2.75) is 33.4 Å². The van der Waals surface area contributed by atoms with Crippen LogP contribution in [0.5, 0.6) is 0 Å². The van der Waals surface area contributed by atoms with Gasteiger partial charge in [0.05, 0.1) is 13.2 Å². The van der Waals surface area contributed by atoms with Crippen molar-refractivity contribution in [1.82, 2.24) is 10.3 Å². The van der Waals surface area contributed by atoms with Gasteiger partial charge in [-0.1, -0.05) is 19.9 Å². The summed E-state index contributed by atoms with van der Waals surface area (Å²) in [5, 5.41) is 3.36. The summed E-state index contributed by atoms with van der Waals surface area (Å²) >= 11 is 0. The van der Waals surface area contributed by atoms with Crippen molar-refractivity contribution in [3.63, 3.8) is 0 Å². The number of furan rings is 1. The van der Waals surface area contributed by atoms with Crippen LogP contribution in [0.3, 0.4) is 0 Å². The molecule has 4 heteroatoms. The van der Waals surface area contributed by atoms with Gasteiger partial charge in [0.15, 0.2) is 0 Å². The highest BCUT2D eigenvalue weighted by atomic mass is 16.5. The molecule has 114 valence electrons. The number of aromatic nitrogens is 1. The number of hydrogen-bond donors (Lipinski definition) is 1. The van der Waals surface area contributed by atoms with E-state index < -0.39 is 0 Å². The first-order valence-corrected chi connectivity index (χ1v) is 7.50. The molecule has 0 spiro atoms. The minimum absolute atomic E-state index is 0.511. The second kappa shape index (κ2) is 8.60. The van der Waals surface area contributed by atoms with E-state index in [-0.39, 0.29) is 0 Å². The van der Waals surface area contributed by atoms with E-state index in [0.29, 0.717) is 19.1 Å². The Morgan fingerprint density at radius 1 is 1.19 bits per heavy atom. The predicted octanol–water partition coefficient (Wildman–Crippen LogP) is 3.18. The van der Waals surface area contributed by atoms with Gasteiger partial charge in [0, 0.05) is 18.3 Å². The van der Waals surface area contributed by atoms with E-state index in [4.69, 9.17) is 9.15 Å². The molecular formula is C17H24N2O2. The summed E-state index contributed by atoms with van der Waals surface area (Å²) in [4.78, 5) is 4.26. The lowest BCUT2D eigenvalue weighted by atomic mass is 10.2. The summed E-state index contributed by atoms with van der Waals surface area (Å²) in [6.45, 7) is 7.31. The van der Waals surface area contributed by atoms with Gasteiger partial charge in [0.1, 0.15) is 18.1 Å². The van der Waals surface area contributed by atoms with E-state index in [2.05, 4.69) is 24.1 Å². The van der Waals surface area contributed by atoms with Crippen LogP contribution in [0.4, 0.5) is 0 Å². The molecule has 0 aliphatic rings. The highest BCUT2D eigenvalue weighted by molar-refractivity contribution is 5.06. The Balaban J connectivity index is 1.63. The molecule has 0 aliphatic carbocycles. The van der Waals surface area contributed by atoms with Crippen LogP contribution < -0.4 is 5.32 Å². The Morgan fingerprint density at radius 3 is 2.81 bits per heavy atom. The van der Waals surface area contributed by atoms with Crippen molar-refractivity contribution in [3.05, 3.63) is 53.7 Å². The highest BCUT2D eigenvalue weighted by Gasteiger charge is 2.03. The molecular weight excluding hydrogens is 264 g/mol. The number of rotatable bonds is 9. The number of ether oxygens (including phenoxy) is 1. The Labute approximate surface area is 126 Å². The van der Waals surface area contributed by atoms with Crippen LogP contribution >= 0.6 is 0 Å². The number of nitrogens with one attached hydrogen (secondary N) is 1. The summed E-state index contributed by atoms with van der Waals surface area (Å²) in [5.41, 5.74) is 1.05. The zero-order valence-corrected chi connectivity index (χ0v) is 12.8. The van der Waals surface area contributed by atoms with E-state index in [1.807, 2.05) is 30.3 Å². The van der Waals surface area contributed by atoms with E-state index in [9.17, 15) is 0 Å². The fourth-order valence-electron chi connectivity index (χ4n) is 1.97. The Kier molecular flexibility index (Phi) is 6.44. The molecule has 0 unspecified atom stereocenters. The van der Waals surface area contributed by atoms with E-state index >= 15 is 0 Å². The SMILES string of the molecule is CC(C)CNCc1ccc(COCCc2ccccn2)o1. The number of nitrogens with zero attached hydrogens (tertiary/aromatic N) is 1. The van der Waals surface area contributed by atoms with Gasteiger partial charge in [0.25, 0.3) is 0 Å². The third-order valence-electron chi connectivity index (χ3n) is 3.04. The predicted molar refractivity (Wildman–Crippen MR) is 82.8 cm³/mol. The van der Waals surface area contributed by atoms with Gasteiger partial charge in [0.2, 0.25) is 0 Å². The summed E-state index contributed by atoms with van der Waals surface area (Å²) in [7, 11) is 0. The Bertz CT molecular complexity index is 509. The molecule has 4 nitrogen and oxygen atoms in total. The zero-order valence-electron chi connectivity index (χ0n) is 12.8. The largest absolute Gasteiger partial charge is 0.462 e. The molecule has 2 rings (SSSR count). The first-order chi connectivity index (χ1) is 10.2.